The molecule has 0 aromatic rings. The standard InChI is InChI=1S/C11H22N2O/c1-3-4-7-12-11(14)13-8-5-10(2)6-9-13/h10H,3-9H2,1-2H3,(H,12,14). The molecular weight excluding hydrogens is 176 g/mol. The first-order chi connectivity index (χ1) is 6.74. The van der Waals surface area contributed by atoms with E-state index in [9.17, 15) is 4.79 Å². The first kappa shape index (κ1) is 11.3. The Morgan fingerprint density at radius 3 is 2.64 bits per heavy atom. The van der Waals surface area contributed by atoms with Gasteiger partial charge in [-0.05, 0) is 25.2 Å². The minimum Gasteiger partial charge on any atom is -0.338 e. The topological polar surface area (TPSA) is 32.3 Å². The van der Waals surface area contributed by atoms with E-state index in [0.717, 1.165) is 51.2 Å². The van der Waals surface area contributed by atoms with Crippen LogP contribution in [0.2, 0.25) is 0 Å². The number of urea groups is 1. The zero-order valence-corrected chi connectivity index (χ0v) is 9.38. The van der Waals surface area contributed by atoms with Crippen molar-refractivity contribution in [3.8, 4) is 0 Å². The molecule has 3 heteroatoms. The SMILES string of the molecule is CCCCNC(=O)N1CCC(C)CC1. The molecule has 0 saturated carbocycles. The number of carbonyl (C=O) groups excluding carboxylic acids is 1. The van der Waals surface area contributed by atoms with E-state index in [2.05, 4.69) is 19.2 Å². The minimum absolute atomic E-state index is 0.130. The number of likely N-dealkylation sites (tertiary alicyclic amines) is 1. The fourth-order valence-corrected chi connectivity index (χ4v) is 1.70. The van der Waals surface area contributed by atoms with Crippen LogP contribution >= 0.6 is 0 Å². The minimum atomic E-state index is 0.130. The Labute approximate surface area is 86.9 Å². The van der Waals surface area contributed by atoms with Crippen LogP contribution in [0.5, 0.6) is 0 Å². The number of carbonyl (C=O) groups is 1. The number of nitrogens with one attached hydrogen (secondary N) is 1. The van der Waals surface area contributed by atoms with Crippen LogP contribution in [0.15, 0.2) is 0 Å². The van der Waals surface area contributed by atoms with Crippen molar-refractivity contribution >= 4 is 6.03 Å². The van der Waals surface area contributed by atoms with Gasteiger partial charge in [-0.2, -0.15) is 0 Å². The highest BCUT2D eigenvalue weighted by Gasteiger charge is 2.19. The monoisotopic (exact) mass is 198 g/mol. The lowest BCUT2D eigenvalue weighted by Gasteiger charge is -2.30. The van der Waals surface area contributed by atoms with Crippen LogP contribution in [0.3, 0.4) is 0 Å². The molecule has 0 aromatic heterocycles. The van der Waals surface area contributed by atoms with Gasteiger partial charge in [-0.15, -0.1) is 0 Å². The van der Waals surface area contributed by atoms with Crippen molar-refractivity contribution < 1.29 is 4.79 Å². The molecule has 1 rings (SSSR count). The number of hydrogen-bond acceptors (Lipinski definition) is 1. The number of amides is 2. The molecule has 0 radical (unpaired) electrons. The van der Waals surface area contributed by atoms with E-state index in [1.54, 1.807) is 0 Å². The molecule has 1 heterocycles. The third kappa shape index (κ3) is 3.56. The predicted octanol–water partition coefficient (Wildman–Crippen LogP) is 2.23. The highest BCUT2D eigenvalue weighted by atomic mass is 16.2. The molecule has 2 amide bonds. The Kier molecular flexibility index (Phi) is 4.77. The molecular formula is C11H22N2O. The molecule has 0 bridgehead atoms. The lowest BCUT2D eigenvalue weighted by atomic mass is 10.00. The molecule has 0 unspecified atom stereocenters. The first-order valence-corrected chi connectivity index (χ1v) is 5.76. The lowest BCUT2D eigenvalue weighted by molar-refractivity contribution is 0.174. The Morgan fingerprint density at radius 1 is 1.43 bits per heavy atom. The van der Waals surface area contributed by atoms with Crippen LogP contribution in [0, 0.1) is 5.92 Å². The van der Waals surface area contributed by atoms with Crippen molar-refractivity contribution in [1.29, 1.82) is 0 Å². The van der Waals surface area contributed by atoms with Crippen LogP contribution in [-0.4, -0.2) is 30.6 Å². The third-order valence-electron chi connectivity index (χ3n) is 2.88. The second-order valence-corrected chi connectivity index (χ2v) is 4.26. The number of piperidine rings is 1. The molecule has 14 heavy (non-hydrogen) atoms. The highest BCUT2D eigenvalue weighted by Crippen LogP contribution is 2.15. The summed E-state index contributed by atoms with van der Waals surface area (Å²) < 4.78 is 0. The van der Waals surface area contributed by atoms with Gasteiger partial charge >= 0.3 is 6.03 Å². The van der Waals surface area contributed by atoms with Gasteiger partial charge in [0, 0.05) is 19.6 Å². The Hall–Kier alpha value is -0.730. The maximum absolute atomic E-state index is 11.6. The van der Waals surface area contributed by atoms with Crippen molar-refractivity contribution in [3.05, 3.63) is 0 Å². The fraction of sp³-hybridized carbons (Fsp3) is 0.909. The fourth-order valence-electron chi connectivity index (χ4n) is 1.70. The predicted molar refractivity (Wildman–Crippen MR) is 58.3 cm³/mol. The summed E-state index contributed by atoms with van der Waals surface area (Å²) in [4.78, 5) is 13.5. The van der Waals surface area contributed by atoms with Gasteiger partial charge in [0.25, 0.3) is 0 Å². The second kappa shape index (κ2) is 5.89. The number of nitrogens with zero attached hydrogens (tertiary/aromatic N) is 1. The summed E-state index contributed by atoms with van der Waals surface area (Å²) in [6.07, 6.45) is 4.52. The van der Waals surface area contributed by atoms with Gasteiger partial charge in [0.15, 0.2) is 0 Å². The van der Waals surface area contributed by atoms with E-state index < -0.39 is 0 Å². The summed E-state index contributed by atoms with van der Waals surface area (Å²) in [6.45, 7) is 7.07. The molecule has 1 N–H and O–H groups in total. The van der Waals surface area contributed by atoms with Gasteiger partial charge in [-0.3, -0.25) is 0 Å². The Morgan fingerprint density at radius 2 is 2.07 bits per heavy atom. The molecule has 0 spiro atoms. The molecule has 1 saturated heterocycles. The summed E-state index contributed by atoms with van der Waals surface area (Å²) in [5, 5.41) is 2.96. The van der Waals surface area contributed by atoms with E-state index in [0.29, 0.717) is 0 Å². The highest BCUT2D eigenvalue weighted by molar-refractivity contribution is 5.74. The van der Waals surface area contributed by atoms with E-state index in [1.165, 1.54) is 0 Å². The van der Waals surface area contributed by atoms with E-state index in [1.807, 2.05) is 4.90 Å². The quantitative estimate of drug-likeness (QED) is 0.693. The van der Waals surface area contributed by atoms with Gasteiger partial charge < -0.3 is 10.2 Å². The molecule has 3 nitrogen and oxygen atoms in total. The van der Waals surface area contributed by atoms with E-state index in [4.69, 9.17) is 0 Å². The zero-order chi connectivity index (χ0) is 10.4. The van der Waals surface area contributed by atoms with Crippen molar-refractivity contribution in [2.45, 2.75) is 39.5 Å². The lowest BCUT2D eigenvalue weighted by Crippen LogP contribution is -2.44. The van der Waals surface area contributed by atoms with E-state index >= 15 is 0 Å². The molecule has 1 aliphatic heterocycles. The van der Waals surface area contributed by atoms with Crippen molar-refractivity contribution in [2.75, 3.05) is 19.6 Å². The maximum atomic E-state index is 11.6. The molecule has 1 fully saturated rings. The second-order valence-electron chi connectivity index (χ2n) is 4.26. The van der Waals surface area contributed by atoms with Gasteiger partial charge in [0.05, 0.1) is 0 Å². The van der Waals surface area contributed by atoms with Crippen molar-refractivity contribution in [2.24, 2.45) is 5.92 Å². The summed E-state index contributed by atoms with van der Waals surface area (Å²) >= 11 is 0. The van der Waals surface area contributed by atoms with Crippen molar-refractivity contribution in [1.82, 2.24) is 10.2 Å². The smallest absolute Gasteiger partial charge is 0.317 e. The number of unbranched alkanes of at least 4 members (excludes halogenated alkanes) is 1. The van der Waals surface area contributed by atoms with Gasteiger partial charge in [0.1, 0.15) is 0 Å². The summed E-state index contributed by atoms with van der Waals surface area (Å²) in [7, 11) is 0. The van der Waals surface area contributed by atoms with Crippen LogP contribution in [0.1, 0.15) is 39.5 Å². The van der Waals surface area contributed by atoms with Crippen LogP contribution in [-0.2, 0) is 0 Å². The van der Waals surface area contributed by atoms with Crippen LogP contribution in [0.25, 0.3) is 0 Å². The van der Waals surface area contributed by atoms with Gasteiger partial charge in [-0.1, -0.05) is 20.3 Å². The average Bonchev–Trinajstić information content (AvgIpc) is 2.19. The van der Waals surface area contributed by atoms with E-state index in [-0.39, 0.29) is 6.03 Å². The third-order valence-corrected chi connectivity index (χ3v) is 2.88. The first-order valence-electron chi connectivity index (χ1n) is 5.76. The summed E-state index contributed by atoms with van der Waals surface area (Å²) in [6, 6.07) is 0.130. The molecule has 0 atom stereocenters. The maximum Gasteiger partial charge on any atom is 0.317 e. The normalized spacial score (nSPS) is 18.3. The van der Waals surface area contributed by atoms with Gasteiger partial charge in [0.2, 0.25) is 0 Å². The molecule has 1 aliphatic rings. The molecule has 82 valence electrons. The van der Waals surface area contributed by atoms with Gasteiger partial charge in [-0.25, -0.2) is 4.79 Å². The van der Waals surface area contributed by atoms with Crippen LogP contribution in [0.4, 0.5) is 4.79 Å². The van der Waals surface area contributed by atoms with Crippen LogP contribution < -0.4 is 5.32 Å². The number of rotatable bonds is 3. The average molecular weight is 198 g/mol. The summed E-state index contributed by atoms with van der Waals surface area (Å²) in [5.41, 5.74) is 0. The zero-order valence-electron chi connectivity index (χ0n) is 9.38. The number of hydrogen-bond donors (Lipinski definition) is 1. The summed E-state index contributed by atoms with van der Waals surface area (Å²) in [5.74, 6) is 0.787. The Bertz CT molecular complexity index is 174. The van der Waals surface area contributed by atoms with Crippen molar-refractivity contribution in [3.63, 3.8) is 0 Å². The Balaban J connectivity index is 2.17. The molecule has 0 aromatic carbocycles. The molecule has 0 aliphatic carbocycles. The largest absolute Gasteiger partial charge is 0.338 e.